The summed E-state index contributed by atoms with van der Waals surface area (Å²) >= 11 is 3.26. The van der Waals surface area contributed by atoms with Gasteiger partial charge in [-0.2, -0.15) is 0 Å². The number of hydrogen-bond donors (Lipinski definition) is 1. The van der Waals surface area contributed by atoms with Crippen LogP contribution in [0.5, 0.6) is 0 Å². The van der Waals surface area contributed by atoms with Crippen molar-refractivity contribution in [2.24, 2.45) is 5.73 Å². The van der Waals surface area contributed by atoms with Crippen LogP contribution in [0.2, 0.25) is 0 Å². The average molecular weight is 248 g/mol. The lowest BCUT2D eigenvalue weighted by Gasteiger charge is -2.04. The molecule has 0 atom stereocenters. The van der Waals surface area contributed by atoms with Gasteiger partial charge in [0.15, 0.2) is 0 Å². The Morgan fingerprint density at radius 2 is 2.23 bits per heavy atom. The third-order valence-corrected chi connectivity index (χ3v) is 2.02. The number of ether oxygens (including phenoxy) is 1. The second-order valence-corrected chi connectivity index (χ2v) is 3.49. The Morgan fingerprint density at radius 1 is 1.46 bits per heavy atom. The molecule has 72 valence electrons. The molecule has 0 radical (unpaired) electrons. The molecular formula is C9H11BrFNO. The van der Waals surface area contributed by atoms with Crippen molar-refractivity contribution in [2.45, 2.75) is 6.61 Å². The minimum atomic E-state index is -0.250. The molecule has 0 fully saturated rings. The van der Waals surface area contributed by atoms with E-state index in [4.69, 9.17) is 10.5 Å². The molecule has 0 saturated carbocycles. The molecule has 2 N–H and O–H groups in total. The molecule has 4 heteroatoms. The van der Waals surface area contributed by atoms with Crippen LogP contribution in [0.4, 0.5) is 4.39 Å². The number of hydrogen-bond acceptors (Lipinski definition) is 2. The number of rotatable bonds is 4. The van der Waals surface area contributed by atoms with Crippen LogP contribution in [0.15, 0.2) is 22.7 Å². The smallest absolute Gasteiger partial charge is 0.128 e. The van der Waals surface area contributed by atoms with Crippen LogP contribution in [-0.4, -0.2) is 13.2 Å². The fourth-order valence-corrected chi connectivity index (χ4v) is 1.33. The monoisotopic (exact) mass is 247 g/mol. The Bertz CT molecular complexity index is 280. The van der Waals surface area contributed by atoms with E-state index < -0.39 is 0 Å². The van der Waals surface area contributed by atoms with Gasteiger partial charge in [0.25, 0.3) is 0 Å². The summed E-state index contributed by atoms with van der Waals surface area (Å²) in [4.78, 5) is 0. The Hall–Kier alpha value is -0.450. The standard InChI is InChI=1S/C9H11BrFNO/c10-8-1-2-9(11)7(5-8)6-13-4-3-12/h1-2,5H,3-4,6,12H2. The molecule has 0 aliphatic carbocycles. The zero-order valence-corrected chi connectivity index (χ0v) is 8.68. The van der Waals surface area contributed by atoms with Gasteiger partial charge in [-0.25, -0.2) is 4.39 Å². The molecule has 1 rings (SSSR count). The van der Waals surface area contributed by atoms with Crippen molar-refractivity contribution >= 4 is 15.9 Å². The van der Waals surface area contributed by atoms with Gasteiger partial charge in [-0.05, 0) is 18.2 Å². The van der Waals surface area contributed by atoms with Gasteiger partial charge in [0.1, 0.15) is 5.82 Å². The molecule has 0 aromatic heterocycles. The first-order chi connectivity index (χ1) is 6.24. The van der Waals surface area contributed by atoms with Gasteiger partial charge in [0, 0.05) is 16.6 Å². The van der Waals surface area contributed by atoms with E-state index >= 15 is 0 Å². The summed E-state index contributed by atoms with van der Waals surface area (Å²) in [5, 5.41) is 0. The van der Waals surface area contributed by atoms with Crippen LogP contribution >= 0.6 is 15.9 Å². The zero-order chi connectivity index (χ0) is 9.68. The van der Waals surface area contributed by atoms with Gasteiger partial charge in [-0.3, -0.25) is 0 Å². The van der Waals surface area contributed by atoms with Crippen LogP contribution in [0, 0.1) is 5.82 Å². The van der Waals surface area contributed by atoms with Gasteiger partial charge < -0.3 is 10.5 Å². The van der Waals surface area contributed by atoms with E-state index in [1.165, 1.54) is 6.07 Å². The number of benzene rings is 1. The van der Waals surface area contributed by atoms with Crippen molar-refractivity contribution in [3.8, 4) is 0 Å². The highest BCUT2D eigenvalue weighted by atomic mass is 79.9. The van der Waals surface area contributed by atoms with Crippen molar-refractivity contribution in [3.05, 3.63) is 34.1 Å². The predicted octanol–water partition coefficient (Wildman–Crippen LogP) is 2.06. The van der Waals surface area contributed by atoms with Crippen LogP contribution in [0.25, 0.3) is 0 Å². The topological polar surface area (TPSA) is 35.2 Å². The summed E-state index contributed by atoms with van der Waals surface area (Å²) in [7, 11) is 0. The Balaban J connectivity index is 2.59. The molecule has 0 aliphatic heterocycles. The maximum absolute atomic E-state index is 13.1. The predicted molar refractivity (Wildman–Crippen MR) is 52.8 cm³/mol. The summed E-state index contributed by atoms with van der Waals surface area (Å²) < 4.78 is 19.0. The molecular weight excluding hydrogens is 237 g/mol. The van der Waals surface area contributed by atoms with Crippen molar-refractivity contribution in [2.75, 3.05) is 13.2 Å². The van der Waals surface area contributed by atoms with E-state index in [0.29, 0.717) is 18.7 Å². The minimum Gasteiger partial charge on any atom is -0.375 e. The molecule has 0 amide bonds. The highest BCUT2D eigenvalue weighted by Crippen LogP contribution is 2.15. The van der Waals surface area contributed by atoms with Gasteiger partial charge >= 0.3 is 0 Å². The van der Waals surface area contributed by atoms with Crippen molar-refractivity contribution in [1.29, 1.82) is 0 Å². The number of nitrogens with two attached hydrogens (primary N) is 1. The summed E-state index contributed by atoms with van der Waals surface area (Å²) in [6, 6.07) is 4.76. The summed E-state index contributed by atoms with van der Waals surface area (Å²) in [5.41, 5.74) is 5.78. The Labute approximate surface area is 85.0 Å². The molecule has 0 unspecified atom stereocenters. The highest BCUT2D eigenvalue weighted by molar-refractivity contribution is 9.10. The van der Waals surface area contributed by atoms with E-state index in [1.807, 2.05) is 0 Å². The Morgan fingerprint density at radius 3 is 2.92 bits per heavy atom. The summed E-state index contributed by atoms with van der Waals surface area (Å²) in [5.74, 6) is -0.250. The van der Waals surface area contributed by atoms with Gasteiger partial charge in [-0.15, -0.1) is 0 Å². The van der Waals surface area contributed by atoms with Crippen LogP contribution < -0.4 is 5.73 Å². The lowest BCUT2D eigenvalue weighted by molar-refractivity contribution is 0.125. The maximum Gasteiger partial charge on any atom is 0.128 e. The quantitative estimate of drug-likeness (QED) is 0.828. The normalized spacial score (nSPS) is 10.4. The van der Waals surface area contributed by atoms with Gasteiger partial charge in [-0.1, -0.05) is 15.9 Å². The van der Waals surface area contributed by atoms with E-state index in [0.717, 1.165) is 4.47 Å². The van der Waals surface area contributed by atoms with Crippen molar-refractivity contribution in [1.82, 2.24) is 0 Å². The maximum atomic E-state index is 13.1. The fraction of sp³-hybridized carbons (Fsp3) is 0.333. The Kier molecular flexibility index (Phi) is 4.35. The van der Waals surface area contributed by atoms with Gasteiger partial charge in [0.05, 0.1) is 13.2 Å². The molecule has 2 nitrogen and oxygen atoms in total. The molecule has 0 saturated heterocycles. The van der Waals surface area contributed by atoms with Crippen LogP contribution in [0.3, 0.4) is 0 Å². The largest absolute Gasteiger partial charge is 0.375 e. The lowest BCUT2D eigenvalue weighted by atomic mass is 10.2. The summed E-state index contributed by atoms with van der Waals surface area (Å²) in [6.45, 7) is 1.17. The van der Waals surface area contributed by atoms with E-state index in [-0.39, 0.29) is 12.4 Å². The third-order valence-electron chi connectivity index (χ3n) is 1.53. The first-order valence-corrected chi connectivity index (χ1v) is 4.75. The third kappa shape index (κ3) is 3.42. The molecule has 0 bridgehead atoms. The molecule has 1 aromatic rings. The molecule has 13 heavy (non-hydrogen) atoms. The zero-order valence-electron chi connectivity index (χ0n) is 7.09. The molecule has 1 aromatic carbocycles. The SMILES string of the molecule is NCCOCc1cc(Br)ccc1F. The highest BCUT2D eigenvalue weighted by Gasteiger charge is 2.01. The summed E-state index contributed by atoms with van der Waals surface area (Å²) in [6.07, 6.45) is 0. The fourth-order valence-electron chi connectivity index (χ4n) is 0.919. The second-order valence-electron chi connectivity index (χ2n) is 2.58. The average Bonchev–Trinajstić information content (AvgIpc) is 2.11. The van der Waals surface area contributed by atoms with Crippen molar-refractivity contribution in [3.63, 3.8) is 0 Å². The molecule has 0 spiro atoms. The number of halogens is 2. The van der Waals surface area contributed by atoms with Crippen LogP contribution in [0.1, 0.15) is 5.56 Å². The first-order valence-electron chi connectivity index (χ1n) is 3.96. The molecule has 0 heterocycles. The van der Waals surface area contributed by atoms with Crippen LogP contribution in [-0.2, 0) is 11.3 Å². The van der Waals surface area contributed by atoms with E-state index in [1.54, 1.807) is 12.1 Å². The van der Waals surface area contributed by atoms with Crippen molar-refractivity contribution < 1.29 is 9.13 Å². The lowest BCUT2D eigenvalue weighted by Crippen LogP contribution is -2.08. The van der Waals surface area contributed by atoms with E-state index in [2.05, 4.69) is 15.9 Å². The molecule has 0 aliphatic rings. The first kappa shape index (κ1) is 10.6. The van der Waals surface area contributed by atoms with E-state index in [9.17, 15) is 4.39 Å². The van der Waals surface area contributed by atoms with Gasteiger partial charge in [0.2, 0.25) is 0 Å². The minimum absolute atomic E-state index is 0.250. The second kappa shape index (κ2) is 5.32.